The minimum Gasteiger partial charge on any atom is -0.493 e. The summed E-state index contributed by atoms with van der Waals surface area (Å²) in [5, 5.41) is 4.36. The molecule has 0 spiro atoms. The Morgan fingerprint density at radius 1 is 1.10 bits per heavy atom. The van der Waals surface area contributed by atoms with Crippen molar-refractivity contribution in [2.24, 2.45) is 0 Å². The summed E-state index contributed by atoms with van der Waals surface area (Å²) in [6.45, 7) is 3.62. The number of hydrogen-bond acceptors (Lipinski definition) is 6. The maximum absolute atomic E-state index is 13.2. The number of fused-ring (bicyclic) bond motifs is 1. The van der Waals surface area contributed by atoms with Crippen LogP contribution < -0.4 is 14.8 Å². The van der Waals surface area contributed by atoms with E-state index in [-0.39, 0.29) is 5.91 Å². The van der Waals surface area contributed by atoms with E-state index in [9.17, 15) is 4.79 Å². The quantitative estimate of drug-likeness (QED) is 0.601. The molecular formula is C24H27N3O3S. The highest BCUT2D eigenvalue weighted by Gasteiger charge is 2.22. The number of carbonyl (C=O) groups excluding carboxylic acids is 1. The first-order chi connectivity index (χ1) is 15.1. The van der Waals surface area contributed by atoms with Gasteiger partial charge in [0.15, 0.2) is 11.5 Å². The molecule has 2 aromatic carbocycles. The predicted octanol–water partition coefficient (Wildman–Crippen LogP) is 4.75. The molecule has 6 nitrogen and oxygen atoms in total. The van der Waals surface area contributed by atoms with E-state index < -0.39 is 0 Å². The minimum absolute atomic E-state index is 0.0395. The van der Waals surface area contributed by atoms with E-state index in [0.717, 1.165) is 47.8 Å². The summed E-state index contributed by atoms with van der Waals surface area (Å²) in [5.41, 5.74) is 4.14. The molecular weight excluding hydrogens is 410 g/mol. The van der Waals surface area contributed by atoms with Gasteiger partial charge in [0.1, 0.15) is 5.69 Å². The Bertz CT molecular complexity index is 1100. The number of benzene rings is 2. The average molecular weight is 438 g/mol. The highest BCUT2D eigenvalue weighted by molar-refractivity contribution is 7.99. The van der Waals surface area contributed by atoms with Gasteiger partial charge in [0.05, 0.1) is 25.4 Å². The van der Waals surface area contributed by atoms with E-state index in [2.05, 4.69) is 24.4 Å². The van der Waals surface area contributed by atoms with Gasteiger partial charge in [-0.3, -0.25) is 4.79 Å². The van der Waals surface area contributed by atoms with Gasteiger partial charge in [-0.2, -0.15) is 11.8 Å². The molecule has 0 bridgehead atoms. The number of nitrogens with one attached hydrogen (secondary N) is 1. The van der Waals surface area contributed by atoms with Crippen LogP contribution in [0.4, 0.5) is 11.4 Å². The average Bonchev–Trinajstić information content (AvgIpc) is 2.83. The number of pyridine rings is 1. The summed E-state index contributed by atoms with van der Waals surface area (Å²) < 4.78 is 11.0. The fourth-order valence-corrected chi connectivity index (χ4v) is 4.62. The van der Waals surface area contributed by atoms with Crippen molar-refractivity contribution in [3.63, 3.8) is 0 Å². The lowest BCUT2D eigenvalue weighted by Gasteiger charge is -2.26. The number of rotatable bonds is 6. The number of aromatic nitrogens is 1. The molecule has 31 heavy (non-hydrogen) atoms. The van der Waals surface area contributed by atoms with Gasteiger partial charge in [-0.25, -0.2) is 4.98 Å². The lowest BCUT2D eigenvalue weighted by atomic mass is 10.1. The van der Waals surface area contributed by atoms with Crippen LogP contribution >= 0.6 is 11.8 Å². The Morgan fingerprint density at radius 3 is 2.55 bits per heavy atom. The summed E-state index contributed by atoms with van der Waals surface area (Å²) in [6, 6.07) is 13.9. The fourth-order valence-electron chi connectivity index (χ4n) is 3.72. The second kappa shape index (κ2) is 9.47. The Morgan fingerprint density at radius 2 is 1.84 bits per heavy atom. The van der Waals surface area contributed by atoms with Crippen molar-refractivity contribution in [1.29, 1.82) is 0 Å². The summed E-state index contributed by atoms with van der Waals surface area (Å²) in [4.78, 5) is 19.8. The van der Waals surface area contributed by atoms with Crippen molar-refractivity contribution in [3.8, 4) is 11.5 Å². The number of amides is 1. The molecule has 3 aromatic rings. The van der Waals surface area contributed by atoms with Gasteiger partial charge in [-0.15, -0.1) is 0 Å². The molecule has 1 aliphatic rings. The van der Waals surface area contributed by atoms with E-state index >= 15 is 0 Å². The molecule has 0 unspecified atom stereocenters. The van der Waals surface area contributed by atoms with Crippen LogP contribution in [-0.4, -0.2) is 54.6 Å². The molecule has 0 saturated carbocycles. The number of ether oxygens (including phenoxy) is 2. The minimum atomic E-state index is -0.0395. The standard InChI is InChI=1S/C24H27N3O3S/c1-4-16-6-5-7-17(12-16)25-19-14-21(24(28)27-8-10-31-11-9-27)26-20-15-23(30-3)22(29-2)13-18(19)20/h5-7,12-15H,4,8-11H2,1-3H3,(H,25,26). The molecule has 1 aromatic heterocycles. The lowest BCUT2D eigenvalue weighted by Crippen LogP contribution is -2.38. The third kappa shape index (κ3) is 4.56. The molecule has 1 amide bonds. The fraction of sp³-hybridized carbons (Fsp3) is 0.333. The summed E-state index contributed by atoms with van der Waals surface area (Å²) in [6.07, 6.45) is 0.953. The maximum Gasteiger partial charge on any atom is 0.272 e. The number of nitrogens with zero attached hydrogens (tertiary/aromatic N) is 2. The summed E-state index contributed by atoms with van der Waals surface area (Å²) >= 11 is 1.87. The van der Waals surface area contributed by atoms with Crippen molar-refractivity contribution >= 4 is 39.9 Å². The second-order valence-corrected chi connectivity index (χ2v) is 8.59. The normalized spacial score (nSPS) is 13.8. The molecule has 0 atom stereocenters. The second-order valence-electron chi connectivity index (χ2n) is 7.36. The lowest BCUT2D eigenvalue weighted by molar-refractivity contribution is 0.0767. The van der Waals surface area contributed by atoms with E-state index in [1.807, 2.05) is 47.0 Å². The predicted molar refractivity (Wildman–Crippen MR) is 127 cm³/mol. The van der Waals surface area contributed by atoms with Crippen LogP contribution in [0, 0.1) is 0 Å². The van der Waals surface area contributed by atoms with Crippen LogP contribution in [0.5, 0.6) is 11.5 Å². The van der Waals surface area contributed by atoms with Crippen molar-refractivity contribution in [1.82, 2.24) is 9.88 Å². The maximum atomic E-state index is 13.2. The number of hydrogen-bond donors (Lipinski definition) is 1. The molecule has 0 radical (unpaired) electrons. The number of anilines is 2. The Hall–Kier alpha value is -2.93. The van der Waals surface area contributed by atoms with Gasteiger partial charge >= 0.3 is 0 Å². The highest BCUT2D eigenvalue weighted by Crippen LogP contribution is 2.36. The summed E-state index contributed by atoms with van der Waals surface area (Å²) in [5.74, 6) is 3.08. The number of aryl methyl sites for hydroxylation is 1. The zero-order valence-electron chi connectivity index (χ0n) is 18.1. The topological polar surface area (TPSA) is 63.7 Å². The third-order valence-corrected chi connectivity index (χ3v) is 6.39. The molecule has 1 fully saturated rings. The molecule has 162 valence electrons. The van der Waals surface area contributed by atoms with Gasteiger partial charge in [0.2, 0.25) is 0 Å². The zero-order valence-corrected chi connectivity index (χ0v) is 18.9. The van der Waals surface area contributed by atoms with Gasteiger partial charge in [0, 0.05) is 41.7 Å². The van der Waals surface area contributed by atoms with E-state index in [0.29, 0.717) is 22.7 Å². The van der Waals surface area contributed by atoms with Crippen molar-refractivity contribution < 1.29 is 14.3 Å². The number of methoxy groups -OCH3 is 2. The first-order valence-corrected chi connectivity index (χ1v) is 11.6. The third-order valence-electron chi connectivity index (χ3n) is 5.45. The van der Waals surface area contributed by atoms with Crippen LogP contribution in [0.1, 0.15) is 23.0 Å². The molecule has 1 saturated heterocycles. The van der Waals surface area contributed by atoms with Crippen LogP contribution in [0.3, 0.4) is 0 Å². The van der Waals surface area contributed by atoms with Crippen LogP contribution in [-0.2, 0) is 6.42 Å². The zero-order chi connectivity index (χ0) is 21.8. The van der Waals surface area contributed by atoms with E-state index in [4.69, 9.17) is 14.5 Å². The van der Waals surface area contributed by atoms with E-state index in [1.54, 1.807) is 14.2 Å². The first kappa shape index (κ1) is 21.3. The number of carbonyl (C=O) groups is 1. The molecule has 1 aliphatic heterocycles. The summed E-state index contributed by atoms with van der Waals surface area (Å²) in [7, 11) is 3.21. The van der Waals surface area contributed by atoms with Gasteiger partial charge in [-0.1, -0.05) is 19.1 Å². The Labute approximate surface area is 186 Å². The largest absolute Gasteiger partial charge is 0.493 e. The van der Waals surface area contributed by atoms with Crippen LogP contribution in [0.25, 0.3) is 10.9 Å². The number of thioether (sulfide) groups is 1. The first-order valence-electron chi connectivity index (χ1n) is 10.4. The molecule has 7 heteroatoms. The highest BCUT2D eigenvalue weighted by atomic mass is 32.2. The van der Waals surface area contributed by atoms with Gasteiger partial charge in [-0.05, 0) is 36.2 Å². The van der Waals surface area contributed by atoms with Gasteiger partial charge < -0.3 is 19.7 Å². The smallest absolute Gasteiger partial charge is 0.272 e. The van der Waals surface area contributed by atoms with Crippen molar-refractivity contribution in [2.45, 2.75) is 13.3 Å². The Balaban J connectivity index is 1.82. The van der Waals surface area contributed by atoms with E-state index in [1.165, 1.54) is 5.56 Å². The Kier molecular flexibility index (Phi) is 6.51. The SMILES string of the molecule is CCc1cccc(Nc2cc(C(=O)N3CCSCC3)nc3cc(OC)c(OC)cc23)c1. The van der Waals surface area contributed by atoms with Crippen molar-refractivity contribution in [2.75, 3.05) is 44.1 Å². The molecule has 2 heterocycles. The van der Waals surface area contributed by atoms with Crippen molar-refractivity contribution in [3.05, 3.63) is 53.7 Å². The molecule has 0 aliphatic carbocycles. The molecule has 1 N–H and O–H groups in total. The molecule has 4 rings (SSSR count). The van der Waals surface area contributed by atoms with Crippen LogP contribution in [0.2, 0.25) is 0 Å². The van der Waals surface area contributed by atoms with Gasteiger partial charge in [0.25, 0.3) is 5.91 Å². The van der Waals surface area contributed by atoms with Crippen LogP contribution in [0.15, 0.2) is 42.5 Å². The monoisotopic (exact) mass is 437 g/mol.